The van der Waals surface area contributed by atoms with E-state index in [1.807, 2.05) is 24.3 Å². The van der Waals surface area contributed by atoms with Gasteiger partial charge in [-0.2, -0.15) is 0 Å². The summed E-state index contributed by atoms with van der Waals surface area (Å²) in [5, 5.41) is 0. The number of hydrogen-bond donors (Lipinski definition) is 0. The molecule has 0 bridgehead atoms. The van der Waals surface area contributed by atoms with Gasteiger partial charge in [0.25, 0.3) is 0 Å². The first kappa shape index (κ1) is 15.4. The minimum atomic E-state index is -1.72. The molecule has 0 aromatic carbocycles. The molecule has 1 aliphatic rings. The van der Waals surface area contributed by atoms with Gasteiger partial charge in [-0.1, -0.05) is 50.6 Å². The molecule has 1 saturated heterocycles. The Morgan fingerprint density at radius 1 is 0.889 bits per heavy atom. The molecule has 0 atom stereocenters. The molecule has 0 saturated carbocycles. The lowest BCUT2D eigenvalue weighted by atomic mass is 9.73. The summed E-state index contributed by atoms with van der Waals surface area (Å²) in [6, 6.07) is 1.10. The van der Waals surface area contributed by atoms with Gasteiger partial charge in [-0.25, -0.2) is 0 Å². The minimum Gasteiger partial charge on any atom is -0.407 e. The highest BCUT2D eigenvalue weighted by Gasteiger charge is 2.60. The van der Waals surface area contributed by atoms with Crippen LogP contribution in [0.15, 0.2) is 50.6 Å². The Morgan fingerprint density at radius 3 is 1.67 bits per heavy atom. The van der Waals surface area contributed by atoms with Crippen LogP contribution in [0.1, 0.15) is 0 Å². The van der Waals surface area contributed by atoms with E-state index in [0.717, 1.165) is 6.04 Å². The maximum atomic E-state index is 6.59. The van der Waals surface area contributed by atoms with Crippen molar-refractivity contribution in [3.63, 3.8) is 0 Å². The molecule has 0 spiro atoms. The lowest BCUT2D eigenvalue weighted by molar-refractivity contribution is 0.0790. The van der Waals surface area contributed by atoms with Crippen LogP contribution in [-0.4, -0.2) is 21.0 Å². The van der Waals surface area contributed by atoms with Crippen molar-refractivity contribution in [1.29, 1.82) is 0 Å². The standard InChI is InChI=1S/C15H26OSi2/c1-9-14(10-2)13-17(5,6)18(7,8)16-15(14,11-3)12-4/h9-12H,1-4,13H2,5-8H3. The third-order valence-electron chi connectivity index (χ3n) is 4.85. The summed E-state index contributed by atoms with van der Waals surface area (Å²) in [5.74, 6) is 0. The molecule has 0 N–H and O–H groups in total. The van der Waals surface area contributed by atoms with Crippen molar-refractivity contribution >= 4 is 15.4 Å². The Labute approximate surface area is 114 Å². The molecular formula is C15H26OSi2. The SMILES string of the molecule is C=CC1(C=C)C[Si](C)(C)[Si](C)(C)OC1(C=C)C=C. The second-order valence-corrected chi connectivity index (χ2v) is 21.3. The zero-order valence-electron chi connectivity index (χ0n) is 12.3. The van der Waals surface area contributed by atoms with Gasteiger partial charge in [-0.05, 0) is 19.1 Å². The molecule has 3 heteroatoms. The molecule has 100 valence electrons. The number of hydrogen-bond acceptors (Lipinski definition) is 1. The summed E-state index contributed by atoms with van der Waals surface area (Å²) >= 11 is 0. The second-order valence-electron chi connectivity index (χ2n) is 6.32. The van der Waals surface area contributed by atoms with Gasteiger partial charge < -0.3 is 4.43 Å². The Balaban J connectivity index is 3.50. The predicted molar refractivity (Wildman–Crippen MR) is 86.8 cm³/mol. The van der Waals surface area contributed by atoms with E-state index in [1.54, 1.807) is 0 Å². The van der Waals surface area contributed by atoms with Crippen LogP contribution in [0.3, 0.4) is 0 Å². The van der Waals surface area contributed by atoms with E-state index in [-0.39, 0.29) is 5.41 Å². The molecule has 1 aliphatic heterocycles. The van der Waals surface area contributed by atoms with E-state index >= 15 is 0 Å². The lowest BCUT2D eigenvalue weighted by Gasteiger charge is -2.58. The van der Waals surface area contributed by atoms with Crippen LogP contribution >= 0.6 is 0 Å². The average Bonchev–Trinajstić information content (AvgIpc) is 2.32. The van der Waals surface area contributed by atoms with Crippen LogP contribution < -0.4 is 0 Å². The first-order chi connectivity index (χ1) is 8.16. The summed E-state index contributed by atoms with van der Waals surface area (Å²) in [4.78, 5) is 0. The van der Waals surface area contributed by atoms with Crippen molar-refractivity contribution in [2.24, 2.45) is 5.41 Å². The summed E-state index contributed by atoms with van der Waals surface area (Å²) < 4.78 is 6.59. The molecule has 1 rings (SSSR count). The zero-order valence-corrected chi connectivity index (χ0v) is 14.3. The first-order valence-electron chi connectivity index (χ1n) is 6.40. The van der Waals surface area contributed by atoms with E-state index in [4.69, 9.17) is 4.43 Å². The highest BCUT2D eigenvalue weighted by molar-refractivity contribution is 7.38. The molecule has 1 fully saturated rings. The molecule has 0 unspecified atom stereocenters. The highest BCUT2D eigenvalue weighted by Crippen LogP contribution is 2.53. The van der Waals surface area contributed by atoms with E-state index in [2.05, 4.69) is 52.5 Å². The smallest absolute Gasteiger partial charge is 0.175 e. The van der Waals surface area contributed by atoms with Crippen molar-refractivity contribution in [3.8, 4) is 0 Å². The van der Waals surface area contributed by atoms with E-state index in [1.165, 1.54) is 0 Å². The zero-order chi connectivity index (χ0) is 14.2. The minimum absolute atomic E-state index is 0.269. The highest BCUT2D eigenvalue weighted by atomic mass is 29.3. The molecule has 0 aromatic heterocycles. The van der Waals surface area contributed by atoms with Crippen LogP contribution in [0.5, 0.6) is 0 Å². The summed E-state index contributed by atoms with van der Waals surface area (Å²) in [7, 11) is -3.15. The fourth-order valence-electron chi connectivity index (χ4n) is 2.83. The van der Waals surface area contributed by atoms with Gasteiger partial charge in [-0.3, -0.25) is 0 Å². The van der Waals surface area contributed by atoms with Crippen LogP contribution in [0, 0.1) is 5.41 Å². The summed E-state index contributed by atoms with van der Waals surface area (Å²) in [6.07, 6.45) is 7.70. The van der Waals surface area contributed by atoms with Gasteiger partial charge in [0, 0.05) is 5.41 Å². The van der Waals surface area contributed by atoms with Gasteiger partial charge in [-0.15, -0.1) is 13.2 Å². The topological polar surface area (TPSA) is 9.23 Å². The van der Waals surface area contributed by atoms with E-state index in [9.17, 15) is 0 Å². The van der Waals surface area contributed by atoms with Crippen LogP contribution in [-0.2, 0) is 4.43 Å². The van der Waals surface area contributed by atoms with Crippen LogP contribution in [0.25, 0.3) is 0 Å². The van der Waals surface area contributed by atoms with Gasteiger partial charge in [0.2, 0.25) is 0 Å². The summed E-state index contributed by atoms with van der Waals surface area (Å²) in [5.41, 5.74) is -0.816. The second kappa shape index (κ2) is 4.47. The molecule has 18 heavy (non-hydrogen) atoms. The summed E-state index contributed by atoms with van der Waals surface area (Å²) in [6.45, 7) is 25.5. The Bertz CT molecular complexity index is 339. The molecule has 1 nitrogen and oxygen atoms in total. The van der Waals surface area contributed by atoms with Crippen molar-refractivity contribution < 1.29 is 4.43 Å². The Morgan fingerprint density at radius 2 is 1.33 bits per heavy atom. The largest absolute Gasteiger partial charge is 0.407 e. The van der Waals surface area contributed by atoms with Crippen LogP contribution in [0.4, 0.5) is 0 Å². The monoisotopic (exact) mass is 278 g/mol. The lowest BCUT2D eigenvalue weighted by Crippen LogP contribution is -2.70. The van der Waals surface area contributed by atoms with Gasteiger partial charge >= 0.3 is 0 Å². The normalized spacial score (nSPS) is 26.9. The van der Waals surface area contributed by atoms with Gasteiger partial charge in [0.1, 0.15) is 5.60 Å². The third-order valence-corrected chi connectivity index (χ3v) is 21.0. The van der Waals surface area contributed by atoms with Crippen molar-refractivity contribution in [2.75, 3.05) is 0 Å². The Kier molecular flexibility index (Phi) is 3.83. The van der Waals surface area contributed by atoms with Crippen molar-refractivity contribution in [1.82, 2.24) is 0 Å². The van der Waals surface area contributed by atoms with Crippen molar-refractivity contribution in [3.05, 3.63) is 50.6 Å². The fraction of sp³-hybridized carbons (Fsp3) is 0.467. The molecule has 1 heterocycles. The first-order valence-corrected chi connectivity index (χ1v) is 13.5. The number of rotatable bonds is 4. The van der Waals surface area contributed by atoms with Gasteiger partial charge in [0.15, 0.2) is 7.83 Å². The molecule has 0 aliphatic carbocycles. The average molecular weight is 279 g/mol. The molecule has 0 aromatic rings. The molecule has 0 amide bonds. The Hall–Kier alpha value is -0.646. The van der Waals surface area contributed by atoms with E-state index in [0.29, 0.717) is 0 Å². The maximum absolute atomic E-state index is 6.59. The quantitative estimate of drug-likeness (QED) is 0.544. The van der Waals surface area contributed by atoms with Gasteiger partial charge in [0.05, 0.1) is 7.59 Å². The molecule has 0 radical (unpaired) electrons. The van der Waals surface area contributed by atoms with Crippen molar-refractivity contribution in [2.45, 2.75) is 37.8 Å². The predicted octanol–water partition coefficient (Wildman–Crippen LogP) is 4.48. The fourth-order valence-corrected chi connectivity index (χ4v) is 10.3. The third kappa shape index (κ3) is 1.85. The van der Waals surface area contributed by atoms with E-state index < -0.39 is 21.0 Å². The van der Waals surface area contributed by atoms with Crippen LogP contribution in [0.2, 0.25) is 32.2 Å². The molecular weight excluding hydrogens is 252 g/mol. The maximum Gasteiger partial charge on any atom is 0.175 e.